The zero-order valence-electron chi connectivity index (χ0n) is 8.99. The standard InChI is InChI=1S/C10H16Cl4O2/c11-7-5-3-1-2-4-6-8-16-9(15)10(12,13)14/h1-8H2. The van der Waals surface area contributed by atoms with Crippen LogP contribution >= 0.6 is 46.4 Å². The van der Waals surface area contributed by atoms with Crippen molar-refractivity contribution in [2.75, 3.05) is 12.5 Å². The molecule has 0 amide bonds. The number of esters is 1. The van der Waals surface area contributed by atoms with Crippen molar-refractivity contribution >= 4 is 52.4 Å². The van der Waals surface area contributed by atoms with Gasteiger partial charge in [-0.05, 0) is 12.8 Å². The van der Waals surface area contributed by atoms with Crippen LogP contribution in [0, 0.1) is 0 Å². The zero-order valence-corrected chi connectivity index (χ0v) is 12.0. The monoisotopic (exact) mass is 308 g/mol. The number of rotatable bonds is 8. The quantitative estimate of drug-likeness (QED) is 0.375. The highest BCUT2D eigenvalue weighted by Gasteiger charge is 2.32. The van der Waals surface area contributed by atoms with E-state index in [9.17, 15) is 4.79 Å². The fourth-order valence-electron chi connectivity index (χ4n) is 1.15. The van der Waals surface area contributed by atoms with Crippen LogP contribution in [0.2, 0.25) is 0 Å². The normalized spacial score (nSPS) is 11.5. The predicted octanol–water partition coefficient (Wildman–Crippen LogP) is 4.48. The third-order valence-corrected chi connectivity index (χ3v) is 2.72. The highest BCUT2D eigenvalue weighted by atomic mass is 35.6. The lowest BCUT2D eigenvalue weighted by atomic mass is 10.1. The van der Waals surface area contributed by atoms with Gasteiger partial charge in [0.25, 0.3) is 3.79 Å². The maximum atomic E-state index is 11.0. The van der Waals surface area contributed by atoms with E-state index >= 15 is 0 Å². The van der Waals surface area contributed by atoms with Crippen LogP contribution in [0.4, 0.5) is 0 Å². The molecule has 0 fully saturated rings. The molecule has 6 heteroatoms. The number of unbranched alkanes of at least 4 members (excludes halogenated alkanes) is 5. The minimum Gasteiger partial charge on any atom is -0.463 e. The number of ether oxygens (including phenoxy) is 1. The van der Waals surface area contributed by atoms with Gasteiger partial charge in [-0.3, -0.25) is 0 Å². The van der Waals surface area contributed by atoms with Gasteiger partial charge in [-0.15, -0.1) is 11.6 Å². The van der Waals surface area contributed by atoms with E-state index in [1.165, 1.54) is 0 Å². The van der Waals surface area contributed by atoms with Gasteiger partial charge in [0.05, 0.1) is 6.61 Å². The highest BCUT2D eigenvalue weighted by molar-refractivity contribution is 6.75. The Labute approximate surface area is 117 Å². The number of carbonyl (C=O) groups excluding carboxylic acids is 1. The van der Waals surface area contributed by atoms with Crippen LogP contribution in [0.15, 0.2) is 0 Å². The Morgan fingerprint density at radius 1 is 0.938 bits per heavy atom. The van der Waals surface area contributed by atoms with E-state index in [1.807, 2.05) is 0 Å². The molecule has 96 valence electrons. The van der Waals surface area contributed by atoms with Gasteiger partial charge in [-0.25, -0.2) is 4.79 Å². The second-order valence-corrected chi connectivity index (χ2v) is 6.10. The van der Waals surface area contributed by atoms with Gasteiger partial charge in [0.15, 0.2) is 0 Å². The molecule has 0 atom stereocenters. The molecule has 0 aromatic rings. The first-order valence-corrected chi connectivity index (χ1v) is 6.95. The zero-order chi connectivity index (χ0) is 12.4. The van der Waals surface area contributed by atoms with Gasteiger partial charge in [0, 0.05) is 5.88 Å². The number of hydrogen-bond donors (Lipinski definition) is 0. The summed E-state index contributed by atoms with van der Waals surface area (Å²) in [6.45, 7) is 0.308. The van der Waals surface area contributed by atoms with E-state index in [2.05, 4.69) is 0 Å². The van der Waals surface area contributed by atoms with Crippen molar-refractivity contribution < 1.29 is 9.53 Å². The summed E-state index contributed by atoms with van der Waals surface area (Å²) < 4.78 is 2.82. The molecule has 0 spiro atoms. The summed E-state index contributed by atoms with van der Waals surface area (Å²) in [6.07, 6.45) is 6.29. The summed E-state index contributed by atoms with van der Waals surface area (Å²) in [7, 11) is 0. The van der Waals surface area contributed by atoms with Gasteiger partial charge < -0.3 is 4.74 Å². The Balaban J connectivity index is 3.25. The molecule has 0 aromatic carbocycles. The van der Waals surface area contributed by atoms with E-state index in [0.29, 0.717) is 6.61 Å². The summed E-state index contributed by atoms with van der Waals surface area (Å²) in [4.78, 5) is 11.0. The Morgan fingerprint density at radius 2 is 1.44 bits per heavy atom. The number of carbonyl (C=O) groups is 1. The molecule has 0 aliphatic carbocycles. The molecule has 0 aromatic heterocycles. The molecular formula is C10H16Cl4O2. The SMILES string of the molecule is O=C(OCCCCCCCCCl)C(Cl)(Cl)Cl. The van der Waals surface area contributed by atoms with E-state index < -0.39 is 9.76 Å². The molecule has 0 unspecified atom stereocenters. The predicted molar refractivity (Wildman–Crippen MR) is 69.7 cm³/mol. The van der Waals surface area contributed by atoms with Gasteiger partial charge >= 0.3 is 5.97 Å². The van der Waals surface area contributed by atoms with Gasteiger partial charge in [0.2, 0.25) is 0 Å². The molecule has 0 N–H and O–H groups in total. The van der Waals surface area contributed by atoms with Gasteiger partial charge in [0.1, 0.15) is 0 Å². The van der Waals surface area contributed by atoms with E-state index in [0.717, 1.165) is 44.4 Å². The highest BCUT2D eigenvalue weighted by Crippen LogP contribution is 2.27. The van der Waals surface area contributed by atoms with E-state index in [1.54, 1.807) is 0 Å². The van der Waals surface area contributed by atoms with Gasteiger partial charge in [-0.1, -0.05) is 60.5 Å². The first kappa shape index (κ1) is 16.6. The molecule has 0 radical (unpaired) electrons. The summed E-state index contributed by atoms with van der Waals surface area (Å²) in [5.41, 5.74) is 0. The maximum absolute atomic E-state index is 11.0. The lowest BCUT2D eigenvalue weighted by molar-refractivity contribution is -0.142. The molecule has 2 nitrogen and oxygen atoms in total. The molecule has 0 bridgehead atoms. The summed E-state index contributed by atoms with van der Waals surface area (Å²) in [6, 6.07) is 0. The summed E-state index contributed by atoms with van der Waals surface area (Å²) in [5.74, 6) is -0.0828. The second kappa shape index (κ2) is 9.64. The van der Waals surface area contributed by atoms with Crippen LogP contribution in [0.5, 0.6) is 0 Å². The average molecular weight is 310 g/mol. The minimum absolute atomic E-state index is 0.308. The van der Waals surface area contributed by atoms with Crippen molar-refractivity contribution in [3.63, 3.8) is 0 Å². The molecule has 0 aliphatic rings. The molecule has 0 heterocycles. The Bertz CT molecular complexity index is 192. The van der Waals surface area contributed by atoms with E-state index in [-0.39, 0.29) is 0 Å². The smallest absolute Gasteiger partial charge is 0.358 e. The molecule has 0 saturated carbocycles. The van der Waals surface area contributed by atoms with Crippen molar-refractivity contribution in [2.45, 2.75) is 42.3 Å². The average Bonchev–Trinajstić information content (AvgIpc) is 2.20. The van der Waals surface area contributed by atoms with Crippen molar-refractivity contribution in [3.8, 4) is 0 Å². The Morgan fingerprint density at radius 3 is 1.94 bits per heavy atom. The fourth-order valence-corrected chi connectivity index (χ4v) is 1.50. The fraction of sp³-hybridized carbons (Fsp3) is 0.900. The topological polar surface area (TPSA) is 26.3 Å². The number of hydrogen-bond acceptors (Lipinski definition) is 2. The lowest BCUT2D eigenvalue weighted by Crippen LogP contribution is -2.22. The van der Waals surface area contributed by atoms with Gasteiger partial charge in [-0.2, -0.15) is 0 Å². The van der Waals surface area contributed by atoms with Crippen LogP contribution in [0.3, 0.4) is 0 Å². The van der Waals surface area contributed by atoms with Crippen molar-refractivity contribution in [3.05, 3.63) is 0 Å². The number of halogens is 4. The first-order chi connectivity index (χ1) is 7.48. The van der Waals surface area contributed by atoms with Crippen molar-refractivity contribution in [1.29, 1.82) is 0 Å². The Kier molecular flexibility index (Phi) is 10.0. The van der Waals surface area contributed by atoms with Crippen LogP contribution < -0.4 is 0 Å². The summed E-state index contributed by atoms with van der Waals surface area (Å²) >= 11 is 21.5. The molecule has 0 aliphatic heterocycles. The largest absolute Gasteiger partial charge is 0.463 e. The van der Waals surface area contributed by atoms with Crippen molar-refractivity contribution in [1.82, 2.24) is 0 Å². The first-order valence-electron chi connectivity index (χ1n) is 5.28. The minimum atomic E-state index is -1.96. The van der Waals surface area contributed by atoms with Crippen molar-refractivity contribution in [2.24, 2.45) is 0 Å². The molecule has 16 heavy (non-hydrogen) atoms. The molecular weight excluding hydrogens is 294 g/mol. The molecule has 0 saturated heterocycles. The van der Waals surface area contributed by atoms with Crippen LogP contribution in [-0.4, -0.2) is 22.2 Å². The third kappa shape index (κ3) is 9.83. The van der Waals surface area contributed by atoms with E-state index in [4.69, 9.17) is 51.1 Å². The summed E-state index contributed by atoms with van der Waals surface area (Å²) in [5, 5.41) is 0. The second-order valence-electron chi connectivity index (χ2n) is 3.44. The third-order valence-electron chi connectivity index (χ3n) is 1.99. The van der Waals surface area contributed by atoms with Crippen LogP contribution in [0.25, 0.3) is 0 Å². The lowest BCUT2D eigenvalue weighted by Gasteiger charge is -2.10. The Hall–Kier alpha value is 0.630. The van der Waals surface area contributed by atoms with Crippen LogP contribution in [0.1, 0.15) is 38.5 Å². The maximum Gasteiger partial charge on any atom is 0.358 e. The number of alkyl halides is 4. The van der Waals surface area contributed by atoms with Crippen LogP contribution in [-0.2, 0) is 9.53 Å². The molecule has 0 rings (SSSR count).